The number of carbonyl (C=O) groups is 1. The van der Waals surface area contributed by atoms with Gasteiger partial charge in [0.2, 0.25) is 5.91 Å². The minimum Gasteiger partial charge on any atom is -0.381 e. The van der Waals surface area contributed by atoms with Crippen LogP contribution < -0.4 is 5.32 Å². The molecule has 1 saturated heterocycles. The summed E-state index contributed by atoms with van der Waals surface area (Å²) < 4.78 is 20.5. The molecule has 1 fully saturated rings. The summed E-state index contributed by atoms with van der Waals surface area (Å²) >= 11 is 0. The van der Waals surface area contributed by atoms with Crippen molar-refractivity contribution in [3.05, 3.63) is 42.0 Å². The summed E-state index contributed by atoms with van der Waals surface area (Å²) in [6.45, 7) is 3.33. The summed E-state index contributed by atoms with van der Waals surface area (Å²) in [5, 5.41) is 13.8. The monoisotopic (exact) mass is 333 g/mol. The zero-order valence-corrected chi connectivity index (χ0v) is 13.5. The Morgan fingerprint density at radius 3 is 2.92 bits per heavy atom. The topological polar surface area (TPSA) is 81.9 Å². The van der Waals surface area contributed by atoms with Crippen LogP contribution in [-0.4, -0.2) is 45.9 Å². The van der Waals surface area contributed by atoms with Crippen molar-refractivity contribution in [3.8, 4) is 0 Å². The van der Waals surface area contributed by atoms with E-state index in [1.165, 1.54) is 17.1 Å². The third-order valence-electron chi connectivity index (χ3n) is 4.63. The van der Waals surface area contributed by atoms with Gasteiger partial charge in [-0.15, -0.1) is 5.10 Å². The third-order valence-corrected chi connectivity index (χ3v) is 4.63. The van der Waals surface area contributed by atoms with E-state index in [1.54, 1.807) is 19.1 Å². The SMILES string of the molecule is C[C@@H](C(=O)NCC1(c2cccc(F)c2)CCOCC1)n1cnnn1. The molecule has 0 unspecified atom stereocenters. The Morgan fingerprint density at radius 2 is 2.25 bits per heavy atom. The molecule has 8 heteroatoms. The normalized spacial score (nSPS) is 18.1. The molecule has 1 N–H and O–H groups in total. The van der Waals surface area contributed by atoms with Crippen molar-refractivity contribution >= 4 is 5.91 Å². The highest BCUT2D eigenvalue weighted by Crippen LogP contribution is 2.34. The lowest BCUT2D eigenvalue weighted by atomic mass is 9.74. The maximum absolute atomic E-state index is 13.7. The van der Waals surface area contributed by atoms with E-state index < -0.39 is 6.04 Å². The van der Waals surface area contributed by atoms with Gasteiger partial charge in [0.25, 0.3) is 0 Å². The van der Waals surface area contributed by atoms with Crippen molar-refractivity contribution in [1.82, 2.24) is 25.5 Å². The Kier molecular flexibility index (Phi) is 4.84. The highest BCUT2D eigenvalue weighted by atomic mass is 19.1. The number of halogens is 1. The van der Waals surface area contributed by atoms with E-state index in [-0.39, 0.29) is 17.1 Å². The van der Waals surface area contributed by atoms with Gasteiger partial charge in [0, 0.05) is 25.2 Å². The summed E-state index contributed by atoms with van der Waals surface area (Å²) in [6, 6.07) is 6.07. The third kappa shape index (κ3) is 3.43. The van der Waals surface area contributed by atoms with Crippen LogP contribution in [0.2, 0.25) is 0 Å². The lowest BCUT2D eigenvalue weighted by molar-refractivity contribution is -0.124. The van der Waals surface area contributed by atoms with E-state index in [4.69, 9.17) is 4.74 Å². The van der Waals surface area contributed by atoms with Gasteiger partial charge in [-0.25, -0.2) is 9.07 Å². The van der Waals surface area contributed by atoms with Crippen LogP contribution >= 0.6 is 0 Å². The van der Waals surface area contributed by atoms with Crippen LogP contribution in [-0.2, 0) is 14.9 Å². The van der Waals surface area contributed by atoms with Gasteiger partial charge >= 0.3 is 0 Å². The average Bonchev–Trinajstić information content (AvgIpc) is 3.14. The lowest BCUT2D eigenvalue weighted by Gasteiger charge is -2.38. The number of carbonyl (C=O) groups excluding carboxylic acids is 1. The van der Waals surface area contributed by atoms with E-state index in [9.17, 15) is 9.18 Å². The van der Waals surface area contributed by atoms with Crippen molar-refractivity contribution in [2.75, 3.05) is 19.8 Å². The molecule has 0 saturated carbocycles. The molecule has 1 aromatic heterocycles. The maximum Gasteiger partial charge on any atom is 0.244 e. The molecule has 2 heterocycles. The van der Waals surface area contributed by atoms with Gasteiger partial charge in [-0.3, -0.25) is 4.79 Å². The molecule has 1 atom stereocenters. The van der Waals surface area contributed by atoms with Crippen LogP contribution in [0.5, 0.6) is 0 Å². The summed E-state index contributed by atoms with van der Waals surface area (Å²) in [7, 11) is 0. The second kappa shape index (κ2) is 7.04. The summed E-state index contributed by atoms with van der Waals surface area (Å²) in [5.41, 5.74) is 0.567. The predicted octanol–water partition coefficient (Wildman–Crippen LogP) is 1.24. The fraction of sp³-hybridized carbons (Fsp3) is 0.500. The number of hydrogen-bond acceptors (Lipinski definition) is 5. The quantitative estimate of drug-likeness (QED) is 0.890. The molecule has 7 nitrogen and oxygen atoms in total. The van der Waals surface area contributed by atoms with Crippen LogP contribution in [0.4, 0.5) is 4.39 Å². The van der Waals surface area contributed by atoms with E-state index in [0.717, 1.165) is 18.4 Å². The first-order valence-corrected chi connectivity index (χ1v) is 7.95. The van der Waals surface area contributed by atoms with Gasteiger partial charge in [-0.2, -0.15) is 0 Å². The molecule has 1 aliphatic heterocycles. The van der Waals surface area contributed by atoms with Gasteiger partial charge in [-0.05, 0) is 47.9 Å². The molecule has 128 valence electrons. The van der Waals surface area contributed by atoms with Crippen LogP contribution in [0, 0.1) is 5.82 Å². The number of benzene rings is 1. The number of ether oxygens (including phenoxy) is 1. The van der Waals surface area contributed by atoms with Crippen LogP contribution in [0.3, 0.4) is 0 Å². The average molecular weight is 333 g/mol. The predicted molar refractivity (Wildman–Crippen MR) is 83.7 cm³/mol. The van der Waals surface area contributed by atoms with E-state index in [2.05, 4.69) is 20.8 Å². The summed E-state index contributed by atoms with van der Waals surface area (Å²) in [5.74, 6) is -0.448. The zero-order chi connectivity index (χ0) is 17.0. The summed E-state index contributed by atoms with van der Waals surface area (Å²) in [6.07, 6.45) is 2.87. The van der Waals surface area contributed by atoms with Crippen LogP contribution in [0.25, 0.3) is 0 Å². The van der Waals surface area contributed by atoms with Crippen molar-refractivity contribution in [2.45, 2.75) is 31.2 Å². The Balaban J connectivity index is 1.74. The van der Waals surface area contributed by atoms with Crippen LogP contribution in [0.15, 0.2) is 30.6 Å². The second-order valence-corrected chi connectivity index (χ2v) is 6.09. The van der Waals surface area contributed by atoms with Crippen molar-refractivity contribution in [1.29, 1.82) is 0 Å². The smallest absolute Gasteiger partial charge is 0.244 e. The van der Waals surface area contributed by atoms with Gasteiger partial charge in [-0.1, -0.05) is 12.1 Å². The number of hydrogen-bond donors (Lipinski definition) is 1. The molecule has 0 aliphatic carbocycles. The number of nitrogens with one attached hydrogen (secondary N) is 1. The molecule has 0 radical (unpaired) electrons. The molecule has 0 bridgehead atoms. The second-order valence-electron chi connectivity index (χ2n) is 6.09. The van der Waals surface area contributed by atoms with E-state index >= 15 is 0 Å². The highest BCUT2D eigenvalue weighted by Gasteiger charge is 2.35. The molecular weight excluding hydrogens is 313 g/mol. The molecule has 1 amide bonds. The van der Waals surface area contributed by atoms with E-state index in [0.29, 0.717) is 19.8 Å². The summed E-state index contributed by atoms with van der Waals surface area (Å²) in [4.78, 5) is 12.4. The molecule has 2 aromatic rings. The number of aromatic nitrogens is 4. The molecular formula is C16H20FN5O2. The van der Waals surface area contributed by atoms with Crippen molar-refractivity contribution in [2.24, 2.45) is 0 Å². The number of rotatable bonds is 5. The zero-order valence-electron chi connectivity index (χ0n) is 13.5. The van der Waals surface area contributed by atoms with Gasteiger partial charge in [0.15, 0.2) is 0 Å². The number of tetrazole rings is 1. The highest BCUT2D eigenvalue weighted by molar-refractivity contribution is 5.79. The van der Waals surface area contributed by atoms with Crippen molar-refractivity contribution in [3.63, 3.8) is 0 Å². The first-order chi connectivity index (χ1) is 11.6. The largest absolute Gasteiger partial charge is 0.381 e. The first kappa shape index (κ1) is 16.5. The Labute approximate surface area is 139 Å². The van der Waals surface area contributed by atoms with Crippen molar-refractivity contribution < 1.29 is 13.9 Å². The van der Waals surface area contributed by atoms with Gasteiger partial charge in [0.1, 0.15) is 18.2 Å². The Bertz CT molecular complexity index is 686. The number of amides is 1. The molecule has 24 heavy (non-hydrogen) atoms. The molecule has 0 spiro atoms. The molecule has 1 aromatic carbocycles. The van der Waals surface area contributed by atoms with E-state index in [1.807, 2.05) is 6.07 Å². The fourth-order valence-electron chi connectivity index (χ4n) is 3.02. The minimum absolute atomic E-state index is 0.176. The van der Waals surface area contributed by atoms with Gasteiger partial charge in [0.05, 0.1) is 0 Å². The fourth-order valence-corrected chi connectivity index (χ4v) is 3.02. The lowest BCUT2D eigenvalue weighted by Crippen LogP contribution is -2.46. The first-order valence-electron chi connectivity index (χ1n) is 7.95. The van der Waals surface area contributed by atoms with Crippen LogP contribution in [0.1, 0.15) is 31.4 Å². The standard InChI is InChI=1S/C16H20FN5O2/c1-12(22-11-19-20-21-22)15(23)18-10-16(5-7-24-8-6-16)13-3-2-4-14(17)9-13/h2-4,9,11-12H,5-8,10H2,1H3,(H,18,23)/t12-/m0/s1. The minimum atomic E-state index is -0.510. The maximum atomic E-state index is 13.7. The van der Waals surface area contributed by atoms with Gasteiger partial charge < -0.3 is 10.1 Å². The molecule has 1 aliphatic rings. The Morgan fingerprint density at radius 1 is 1.46 bits per heavy atom. The molecule has 3 rings (SSSR count). The Hall–Kier alpha value is -2.35. The number of nitrogens with zero attached hydrogens (tertiary/aromatic N) is 4.